The van der Waals surface area contributed by atoms with Crippen LogP contribution in [0.1, 0.15) is 6.92 Å². The molecule has 0 saturated carbocycles. The van der Waals surface area contributed by atoms with Gasteiger partial charge in [-0.15, -0.1) is 0 Å². The zero-order valence-corrected chi connectivity index (χ0v) is 14.3. The summed E-state index contributed by atoms with van der Waals surface area (Å²) in [4.78, 5) is 12.5. The van der Waals surface area contributed by atoms with Crippen LogP contribution < -0.4 is 29.6 Å². The average molecular weight is 344 g/mol. The molecule has 0 radical (unpaired) electrons. The maximum Gasteiger partial charge on any atom is 0.246 e. The van der Waals surface area contributed by atoms with Crippen LogP contribution in [0.5, 0.6) is 23.0 Å². The Morgan fingerprint density at radius 2 is 1.88 bits per heavy atom. The first kappa shape index (κ1) is 16.8. The smallest absolute Gasteiger partial charge is 0.246 e. The van der Waals surface area contributed by atoms with E-state index in [1.54, 1.807) is 51.5 Å². The first-order chi connectivity index (χ1) is 12.1. The van der Waals surface area contributed by atoms with E-state index in [-0.39, 0.29) is 12.7 Å². The molecule has 1 aliphatic rings. The molecule has 3 rings (SSSR count). The molecular formula is C18H20N2O5. The van der Waals surface area contributed by atoms with Crippen LogP contribution >= 0.6 is 0 Å². The highest BCUT2D eigenvalue weighted by molar-refractivity contribution is 5.97. The third-order valence-electron chi connectivity index (χ3n) is 3.81. The van der Waals surface area contributed by atoms with Crippen LogP contribution in [0, 0.1) is 0 Å². The summed E-state index contributed by atoms with van der Waals surface area (Å²) in [7, 11) is 3.11. The Labute approximate surface area is 145 Å². The Hall–Kier alpha value is -3.09. The van der Waals surface area contributed by atoms with Gasteiger partial charge in [-0.05, 0) is 31.2 Å². The molecule has 0 bridgehead atoms. The predicted octanol–water partition coefficient (Wildman–Crippen LogP) is 2.87. The lowest BCUT2D eigenvalue weighted by Crippen LogP contribution is -2.32. The van der Waals surface area contributed by atoms with E-state index in [1.807, 2.05) is 6.07 Å². The minimum atomic E-state index is -0.476. The molecule has 1 amide bonds. The van der Waals surface area contributed by atoms with Gasteiger partial charge in [-0.1, -0.05) is 0 Å². The van der Waals surface area contributed by atoms with Crippen molar-refractivity contribution in [1.29, 1.82) is 0 Å². The molecule has 0 fully saturated rings. The Morgan fingerprint density at radius 1 is 1.08 bits per heavy atom. The van der Waals surface area contributed by atoms with E-state index in [1.165, 1.54) is 0 Å². The Balaban J connectivity index is 1.68. The molecule has 1 heterocycles. The molecule has 7 nitrogen and oxygen atoms in total. The lowest BCUT2D eigenvalue weighted by Gasteiger charge is -2.17. The van der Waals surface area contributed by atoms with Crippen molar-refractivity contribution in [2.75, 3.05) is 31.6 Å². The molecule has 1 aliphatic heterocycles. The molecule has 25 heavy (non-hydrogen) atoms. The van der Waals surface area contributed by atoms with Gasteiger partial charge in [0.1, 0.15) is 17.5 Å². The first-order valence-electron chi connectivity index (χ1n) is 7.80. The van der Waals surface area contributed by atoms with Crippen LogP contribution in [0.4, 0.5) is 11.4 Å². The van der Waals surface area contributed by atoms with Gasteiger partial charge in [-0.3, -0.25) is 4.79 Å². The number of carbonyl (C=O) groups excluding carboxylic acids is 1. The fourth-order valence-electron chi connectivity index (χ4n) is 2.45. The highest BCUT2D eigenvalue weighted by Gasteiger charge is 2.18. The monoisotopic (exact) mass is 344 g/mol. The third-order valence-corrected chi connectivity index (χ3v) is 3.81. The van der Waals surface area contributed by atoms with Gasteiger partial charge < -0.3 is 29.6 Å². The molecule has 1 atom stereocenters. The zero-order valence-electron chi connectivity index (χ0n) is 14.3. The van der Waals surface area contributed by atoms with Gasteiger partial charge in [-0.25, -0.2) is 0 Å². The number of fused-ring (bicyclic) bond motifs is 1. The fourth-order valence-corrected chi connectivity index (χ4v) is 2.45. The predicted molar refractivity (Wildman–Crippen MR) is 93.8 cm³/mol. The quantitative estimate of drug-likeness (QED) is 0.839. The molecule has 0 saturated heterocycles. The molecule has 2 aromatic carbocycles. The second-order valence-electron chi connectivity index (χ2n) is 5.49. The molecule has 7 heteroatoms. The minimum Gasteiger partial charge on any atom is -0.497 e. The molecular weight excluding hydrogens is 324 g/mol. The van der Waals surface area contributed by atoms with Crippen molar-refractivity contribution in [2.24, 2.45) is 0 Å². The summed E-state index contributed by atoms with van der Waals surface area (Å²) >= 11 is 0. The van der Waals surface area contributed by atoms with Crippen molar-refractivity contribution < 1.29 is 23.7 Å². The van der Waals surface area contributed by atoms with Gasteiger partial charge in [0.2, 0.25) is 12.7 Å². The van der Waals surface area contributed by atoms with Crippen molar-refractivity contribution in [3.63, 3.8) is 0 Å². The van der Waals surface area contributed by atoms with Crippen LogP contribution in [0.2, 0.25) is 0 Å². The lowest BCUT2D eigenvalue weighted by atomic mass is 10.2. The number of rotatable bonds is 6. The second-order valence-corrected chi connectivity index (χ2v) is 5.49. The third kappa shape index (κ3) is 3.71. The highest BCUT2D eigenvalue weighted by atomic mass is 16.7. The number of benzene rings is 2. The summed E-state index contributed by atoms with van der Waals surface area (Å²) in [5, 5.41) is 5.98. The number of ether oxygens (including phenoxy) is 4. The van der Waals surface area contributed by atoms with Crippen molar-refractivity contribution >= 4 is 17.3 Å². The number of hydrogen-bond acceptors (Lipinski definition) is 6. The molecule has 132 valence electrons. The van der Waals surface area contributed by atoms with Crippen molar-refractivity contribution in [3.05, 3.63) is 36.4 Å². The lowest BCUT2D eigenvalue weighted by molar-refractivity contribution is -0.116. The van der Waals surface area contributed by atoms with Crippen molar-refractivity contribution in [3.8, 4) is 23.0 Å². The van der Waals surface area contributed by atoms with E-state index in [4.69, 9.17) is 18.9 Å². The molecule has 0 unspecified atom stereocenters. The number of methoxy groups -OCH3 is 2. The van der Waals surface area contributed by atoms with Crippen LogP contribution in [-0.4, -0.2) is 33.0 Å². The first-order valence-corrected chi connectivity index (χ1v) is 7.80. The topological polar surface area (TPSA) is 78.1 Å². The van der Waals surface area contributed by atoms with Crippen LogP contribution in [0.25, 0.3) is 0 Å². The van der Waals surface area contributed by atoms with Crippen molar-refractivity contribution in [1.82, 2.24) is 0 Å². The average Bonchev–Trinajstić information content (AvgIpc) is 3.09. The van der Waals surface area contributed by atoms with Gasteiger partial charge in [0.25, 0.3) is 0 Å². The number of anilines is 2. The van der Waals surface area contributed by atoms with E-state index in [0.29, 0.717) is 28.7 Å². The Kier molecular flexibility index (Phi) is 4.83. The number of amides is 1. The zero-order chi connectivity index (χ0) is 17.8. The SMILES string of the molecule is COc1ccc(OC)c(NC(=O)[C@H](C)Nc2ccc3c(c2)OCO3)c1. The summed E-state index contributed by atoms with van der Waals surface area (Å²) in [6, 6.07) is 10.2. The van der Waals surface area contributed by atoms with Crippen molar-refractivity contribution in [2.45, 2.75) is 13.0 Å². The maximum absolute atomic E-state index is 12.5. The van der Waals surface area contributed by atoms with E-state index < -0.39 is 6.04 Å². The number of hydrogen-bond donors (Lipinski definition) is 2. The van der Waals surface area contributed by atoms with E-state index >= 15 is 0 Å². The maximum atomic E-state index is 12.5. The summed E-state index contributed by atoms with van der Waals surface area (Å²) in [6.45, 7) is 1.98. The van der Waals surface area contributed by atoms with Crippen LogP contribution in [0.3, 0.4) is 0 Å². The molecule has 2 aromatic rings. The van der Waals surface area contributed by atoms with Gasteiger partial charge >= 0.3 is 0 Å². The van der Waals surface area contributed by atoms with Gasteiger partial charge in [0.05, 0.1) is 19.9 Å². The van der Waals surface area contributed by atoms with E-state index in [9.17, 15) is 4.79 Å². The van der Waals surface area contributed by atoms with Gasteiger partial charge in [0, 0.05) is 17.8 Å². The normalized spacial score (nSPS) is 13.1. The molecule has 2 N–H and O–H groups in total. The summed E-state index contributed by atoms with van der Waals surface area (Å²) in [6.07, 6.45) is 0. The summed E-state index contributed by atoms with van der Waals surface area (Å²) in [5.74, 6) is 2.34. The van der Waals surface area contributed by atoms with Crippen LogP contribution in [-0.2, 0) is 4.79 Å². The van der Waals surface area contributed by atoms with Gasteiger partial charge in [0.15, 0.2) is 11.5 Å². The molecule has 0 aliphatic carbocycles. The van der Waals surface area contributed by atoms with Crippen LogP contribution in [0.15, 0.2) is 36.4 Å². The molecule has 0 aromatic heterocycles. The summed E-state index contributed by atoms with van der Waals surface area (Å²) < 4.78 is 21.1. The minimum absolute atomic E-state index is 0.204. The second kappa shape index (κ2) is 7.21. The van der Waals surface area contributed by atoms with E-state index in [2.05, 4.69) is 10.6 Å². The van der Waals surface area contributed by atoms with Gasteiger partial charge in [-0.2, -0.15) is 0 Å². The number of carbonyl (C=O) groups is 1. The largest absolute Gasteiger partial charge is 0.497 e. The van der Waals surface area contributed by atoms with E-state index in [0.717, 1.165) is 5.69 Å². The Morgan fingerprint density at radius 3 is 2.64 bits per heavy atom. The number of nitrogens with one attached hydrogen (secondary N) is 2. The fraction of sp³-hybridized carbons (Fsp3) is 0.278. The Bertz CT molecular complexity index is 778. The standard InChI is InChI=1S/C18H20N2O5/c1-11(19-12-4-6-16-17(8-12)25-10-24-16)18(21)20-14-9-13(22-2)5-7-15(14)23-3/h4-9,11,19H,10H2,1-3H3,(H,20,21)/t11-/m0/s1. The molecule has 0 spiro atoms. The highest BCUT2D eigenvalue weighted by Crippen LogP contribution is 2.34. The summed E-state index contributed by atoms with van der Waals surface area (Å²) in [5.41, 5.74) is 1.32.